The monoisotopic (exact) mass is 238 g/mol. The molecule has 2 aromatic rings. The van der Waals surface area contributed by atoms with E-state index in [1.54, 1.807) is 42.8 Å². The molecule has 0 aromatic carbocycles. The number of nitrogens with zero attached hydrogens (tertiary/aromatic N) is 2. The van der Waals surface area contributed by atoms with Crippen molar-refractivity contribution in [1.82, 2.24) is 9.38 Å². The Morgan fingerprint density at radius 1 is 1.56 bits per heavy atom. The molecule has 0 spiro atoms. The first-order chi connectivity index (χ1) is 7.56. The molecule has 4 nitrogen and oxygen atoms in total. The number of pyridine rings is 1. The Kier molecular flexibility index (Phi) is 2.83. The average Bonchev–Trinajstić information content (AvgIpc) is 2.59. The van der Waals surface area contributed by atoms with E-state index in [0.717, 1.165) is 0 Å². The lowest BCUT2D eigenvalue weighted by atomic mass is 10.4. The van der Waals surface area contributed by atoms with Gasteiger partial charge in [0.25, 0.3) is 0 Å². The smallest absolute Gasteiger partial charge is 0.358 e. The quantitative estimate of drug-likeness (QED) is 0.756. The molecule has 0 aliphatic rings. The van der Waals surface area contributed by atoms with E-state index in [9.17, 15) is 4.79 Å². The minimum atomic E-state index is -0.421. The molecule has 84 valence electrons. The van der Waals surface area contributed by atoms with Gasteiger partial charge in [0.2, 0.25) is 0 Å². The summed E-state index contributed by atoms with van der Waals surface area (Å²) >= 11 is 5.82. The third-order valence-electron chi connectivity index (χ3n) is 1.97. The summed E-state index contributed by atoms with van der Waals surface area (Å²) in [4.78, 5) is 15.7. The van der Waals surface area contributed by atoms with E-state index in [0.29, 0.717) is 10.7 Å². The highest BCUT2D eigenvalue weighted by Gasteiger charge is 2.13. The highest BCUT2D eigenvalue weighted by molar-refractivity contribution is 6.30. The zero-order chi connectivity index (χ0) is 11.7. The van der Waals surface area contributed by atoms with Gasteiger partial charge in [0.1, 0.15) is 5.65 Å². The highest BCUT2D eigenvalue weighted by atomic mass is 35.5. The minimum Gasteiger partial charge on any atom is -0.458 e. The summed E-state index contributed by atoms with van der Waals surface area (Å²) in [5.74, 6) is -0.421. The zero-order valence-electron chi connectivity index (χ0n) is 8.98. The van der Waals surface area contributed by atoms with Gasteiger partial charge in [-0.2, -0.15) is 0 Å². The summed E-state index contributed by atoms with van der Waals surface area (Å²) < 4.78 is 6.77. The highest BCUT2D eigenvalue weighted by Crippen LogP contribution is 2.13. The van der Waals surface area contributed by atoms with E-state index in [2.05, 4.69) is 4.98 Å². The van der Waals surface area contributed by atoms with Crippen LogP contribution in [0.1, 0.15) is 24.3 Å². The molecule has 0 N–H and O–H groups in total. The van der Waals surface area contributed by atoms with Gasteiger partial charge in [-0.1, -0.05) is 11.6 Å². The molecule has 0 unspecified atom stereocenters. The Morgan fingerprint density at radius 3 is 3.00 bits per heavy atom. The number of fused-ring (bicyclic) bond motifs is 1. The summed E-state index contributed by atoms with van der Waals surface area (Å²) in [7, 11) is 0. The molecule has 0 saturated carbocycles. The van der Waals surface area contributed by atoms with Crippen LogP contribution in [0.3, 0.4) is 0 Å². The molecule has 0 saturated heterocycles. The van der Waals surface area contributed by atoms with E-state index in [4.69, 9.17) is 16.3 Å². The van der Waals surface area contributed by atoms with Crippen molar-refractivity contribution in [2.24, 2.45) is 0 Å². The fourth-order valence-electron chi connectivity index (χ4n) is 1.33. The summed E-state index contributed by atoms with van der Waals surface area (Å²) in [5, 5.41) is 0.585. The fraction of sp³-hybridized carbons (Fsp3) is 0.273. The van der Waals surface area contributed by atoms with Crippen LogP contribution in [0.4, 0.5) is 0 Å². The van der Waals surface area contributed by atoms with Crippen LogP contribution in [-0.2, 0) is 4.74 Å². The Bertz CT molecular complexity index is 534. The first-order valence-electron chi connectivity index (χ1n) is 4.91. The summed E-state index contributed by atoms with van der Waals surface area (Å²) in [6.07, 6.45) is 3.22. The van der Waals surface area contributed by atoms with Gasteiger partial charge in [-0.3, -0.25) is 0 Å². The Labute approximate surface area is 97.8 Å². The zero-order valence-corrected chi connectivity index (χ0v) is 9.73. The number of esters is 1. The second-order valence-electron chi connectivity index (χ2n) is 3.69. The number of hydrogen-bond donors (Lipinski definition) is 0. The Hall–Kier alpha value is -1.55. The number of imidazole rings is 1. The molecule has 0 bridgehead atoms. The largest absolute Gasteiger partial charge is 0.458 e. The third kappa shape index (κ3) is 2.17. The van der Waals surface area contributed by atoms with Gasteiger partial charge < -0.3 is 9.14 Å². The molecule has 2 heterocycles. The molecule has 0 radical (unpaired) electrons. The first-order valence-corrected chi connectivity index (χ1v) is 5.29. The molecule has 0 atom stereocenters. The SMILES string of the molecule is CC(C)OC(=O)c1cn2ccc(Cl)cc2n1. The molecule has 5 heteroatoms. The van der Waals surface area contributed by atoms with Crippen LogP contribution in [0.5, 0.6) is 0 Å². The molecule has 0 aliphatic heterocycles. The average molecular weight is 239 g/mol. The van der Waals surface area contributed by atoms with E-state index in [1.165, 1.54) is 0 Å². The molecular formula is C11H11ClN2O2. The number of carbonyl (C=O) groups is 1. The normalized spacial score (nSPS) is 11.0. The van der Waals surface area contributed by atoms with Crippen LogP contribution in [0.2, 0.25) is 5.02 Å². The van der Waals surface area contributed by atoms with E-state index in [-0.39, 0.29) is 11.8 Å². The van der Waals surface area contributed by atoms with Crippen molar-refractivity contribution in [2.45, 2.75) is 20.0 Å². The van der Waals surface area contributed by atoms with Gasteiger partial charge >= 0.3 is 5.97 Å². The number of halogens is 1. The predicted molar refractivity (Wildman–Crippen MR) is 60.8 cm³/mol. The lowest BCUT2D eigenvalue weighted by molar-refractivity contribution is 0.0371. The Balaban J connectivity index is 2.36. The van der Waals surface area contributed by atoms with Gasteiger partial charge in [0, 0.05) is 23.5 Å². The fourth-order valence-corrected chi connectivity index (χ4v) is 1.48. The first kappa shape index (κ1) is 11.0. The van der Waals surface area contributed by atoms with Crippen LogP contribution in [0.25, 0.3) is 5.65 Å². The third-order valence-corrected chi connectivity index (χ3v) is 2.21. The van der Waals surface area contributed by atoms with Gasteiger partial charge in [-0.05, 0) is 19.9 Å². The maximum Gasteiger partial charge on any atom is 0.358 e. The van der Waals surface area contributed by atoms with E-state index >= 15 is 0 Å². The van der Waals surface area contributed by atoms with Crippen molar-refractivity contribution in [3.63, 3.8) is 0 Å². The topological polar surface area (TPSA) is 43.6 Å². The number of rotatable bonds is 2. The van der Waals surface area contributed by atoms with Crippen LogP contribution < -0.4 is 0 Å². The van der Waals surface area contributed by atoms with Crippen LogP contribution >= 0.6 is 11.6 Å². The van der Waals surface area contributed by atoms with Crippen molar-refractivity contribution in [3.8, 4) is 0 Å². The molecule has 16 heavy (non-hydrogen) atoms. The van der Waals surface area contributed by atoms with E-state index in [1.807, 2.05) is 0 Å². The summed E-state index contributed by atoms with van der Waals surface area (Å²) in [5.41, 5.74) is 0.916. The van der Waals surface area contributed by atoms with Gasteiger partial charge in [-0.15, -0.1) is 0 Å². The summed E-state index contributed by atoms with van der Waals surface area (Å²) in [6, 6.07) is 3.42. The van der Waals surface area contributed by atoms with Crippen molar-refractivity contribution < 1.29 is 9.53 Å². The minimum absolute atomic E-state index is 0.152. The van der Waals surface area contributed by atoms with Crippen LogP contribution in [0, 0.1) is 0 Å². The lowest BCUT2D eigenvalue weighted by Gasteiger charge is -2.04. The second-order valence-corrected chi connectivity index (χ2v) is 4.13. The molecule has 0 amide bonds. The van der Waals surface area contributed by atoms with Crippen molar-refractivity contribution in [1.29, 1.82) is 0 Å². The molecule has 2 rings (SSSR count). The molecule has 0 aliphatic carbocycles. The maximum atomic E-state index is 11.6. The predicted octanol–water partition coefficient (Wildman–Crippen LogP) is 2.55. The summed E-state index contributed by atoms with van der Waals surface area (Å²) in [6.45, 7) is 3.59. The van der Waals surface area contributed by atoms with Crippen LogP contribution in [-0.4, -0.2) is 21.5 Å². The van der Waals surface area contributed by atoms with Gasteiger partial charge in [0.15, 0.2) is 5.69 Å². The number of ether oxygens (including phenoxy) is 1. The van der Waals surface area contributed by atoms with Crippen molar-refractivity contribution in [3.05, 3.63) is 35.2 Å². The van der Waals surface area contributed by atoms with Crippen LogP contribution in [0.15, 0.2) is 24.5 Å². The van der Waals surface area contributed by atoms with Gasteiger partial charge in [0.05, 0.1) is 6.10 Å². The molecular weight excluding hydrogens is 228 g/mol. The number of hydrogen-bond acceptors (Lipinski definition) is 3. The van der Waals surface area contributed by atoms with Gasteiger partial charge in [-0.25, -0.2) is 9.78 Å². The number of carbonyl (C=O) groups excluding carboxylic acids is 1. The van der Waals surface area contributed by atoms with Crippen molar-refractivity contribution in [2.75, 3.05) is 0 Å². The van der Waals surface area contributed by atoms with E-state index < -0.39 is 5.97 Å². The van der Waals surface area contributed by atoms with Crippen molar-refractivity contribution >= 4 is 23.2 Å². The lowest BCUT2D eigenvalue weighted by Crippen LogP contribution is -2.11. The second kappa shape index (κ2) is 4.14. The maximum absolute atomic E-state index is 11.6. The molecule has 2 aromatic heterocycles. The standard InChI is InChI=1S/C11H11ClN2O2/c1-7(2)16-11(15)9-6-14-4-3-8(12)5-10(14)13-9/h3-7H,1-2H3. The molecule has 0 fully saturated rings. The number of aromatic nitrogens is 2. The Morgan fingerprint density at radius 2 is 2.31 bits per heavy atom.